The Hall–Kier alpha value is -1.24. The SMILES string of the molecule is CC(C)(C)OC(=O)N1CCCC[C@@H](CC#N)C1. The zero-order chi connectivity index (χ0) is 12.9. The van der Waals surface area contributed by atoms with Gasteiger partial charge in [0.1, 0.15) is 5.60 Å². The van der Waals surface area contributed by atoms with Crippen LogP contribution in [0.15, 0.2) is 0 Å². The van der Waals surface area contributed by atoms with Gasteiger partial charge in [-0.25, -0.2) is 4.79 Å². The molecule has 0 bridgehead atoms. The van der Waals surface area contributed by atoms with Crippen molar-refractivity contribution >= 4 is 6.09 Å². The van der Waals surface area contributed by atoms with Crippen molar-refractivity contribution in [3.63, 3.8) is 0 Å². The first-order chi connectivity index (χ1) is 7.92. The molecule has 1 atom stereocenters. The van der Waals surface area contributed by atoms with Gasteiger partial charge < -0.3 is 9.64 Å². The monoisotopic (exact) mass is 238 g/mol. The summed E-state index contributed by atoms with van der Waals surface area (Å²) in [4.78, 5) is 13.7. The lowest BCUT2D eigenvalue weighted by Gasteiger charge is -2.27. The lowest BCUT2D eigenvalue weighted by atomic mass is 10.0. The Labute approximate surface area is 104 Å². The lowest BCUT2D eigenvalue weighted by molar-refractivity contribution is 0.0235. The van der Waals surface area contributed by atoms with E-state index >= 15 is 0 Å². The van der Waals surface area contributed by atoms with E-state index in [0.29, 0.717) is 18.9 Å². The van der Waals surface area contributed by atoms with Crippen molar-refractivity contribution in [3.8, 4) is 6.07 Å². The summed E-state index contributed by atoms with van der Waals surface area (Å²) in [5, 5.41) is 8.74. The van der Waals surface area contributed by atoms with Gasteiger partial charge in [0.2, 0.25) is 0 Å². The van der Waals surface area contributed by atoms with Crippen LogP contribution in [0.1, 0.15) is 46.5 Å². The molecule has 1 rings (SSSR count). The summed E-state index contributed by atoms with van der Waals surface area (Å²) in [5.74, 6) is 0.301. The Morgan fingerprint density at radius 2 is 2.18 bits per heavy atom. The standard InChI is InChI=1S/C13H22N2O2/c1-13(2,3)17-12(16)15-9-5-4-6-11(10-15)7-8-14/h11H,4-7,9-10H2,1-3H3/t11-/m0/s1. The number of carbonyl (C=O) groups excluding carboxylic acids is 1. The normalized spacial score (nSPS) is 21.5. The van der Waals surface area contributed by atoms with Crippen molar-refractivity contribution in [2.45, 2.75) is 52.1 Å². The predicted octanol–water partition coefficient (Wildman–Crippen LogP) is 2.94. The highest BCUT2D eigenvalue weighted by Crippen LogP contribution is 2.20. The maximum Gasteiger partial charge on any atom is 0.410 e. The maximum atomic E-state index is 11.9. The van der Waals surface area contributed by atoms with Crippen LogP contribution in [0, 0.1) is 17.2 Å². The molecule has 17 heavy (non-hydrogen) atoms. The second-order valence-electron chi connectivity index (χ2n) is 5.65. The molecule has 1 aliphatic heterocycles. The van der Waals surface area contributed by atoms with Crippen LogP contribution in [-0.4, -0.2) is 29.7 Å². The highest BCUT2D eigenvalue weighted by Gasteiger charge is 2.26. The fourth-order valence-corrected chi connectivity index (χ4v) is 2.02. The van der Waals surface area contributed by atoms with Crippen LogP contribution in [0.4, 0.5) is 4.79 Å². The highest BCUT2D eigenvalue weighted by molar-refractivity contribution is 5.68. The zero-order valence-electron chi connectivity index (χ0n) is 11.0. The van der Waals surface area contributed by atoms with E-state index in [4.69, 9.17) is 10.00 Å². The molecule has 1 heterocycles. The van der Waals surface area contributed by atoms with Crippen LogP contribution >= 0.6 is 0 Å². The van der Waals surface area contributed by atoms with Crippen molar-refractivity contribution in [1.29, 1.82) is 5.26 Å². The largest absolute Gasteiger partial charge is 0.444 e. The molecule has 4 heteroatoms. The average molecular weight is 238 g/mol. The quantitative estimate of drug-likeness (QED) is 0.705. The van der Waals surface area contributed by atoms with Crippen LogP contribution in [0.3, 0.4) is 0 Å². The van der Waals surface area contributed by atoms with E-state index in [1.807, 2.05) is 20.8 Å². The van der Waals surface area contributed by atoms with Crippen molar-refractivity contribution in [3.05, 3.63) is 0 Å². The summed E-state index contributed by atoms with van der Waals surface area (Å²) in [6, 6.07) is 2.19. The smallest absolute Gasteiger partial charge is 0.410 e. The van der Waals surface area contributed by atoms with Gasteiger partial charge in [0.05, 0.1) is 6.07 Å². The lowest BCUT2D eigenvalue weighted by Crippen LogP contribution is -2.39. The van der Waals surface area contributed by atoms with Crippen molar-refractivity contribution in [1.82, 2.24) is 4.90 Å². The van der Waals surface area contributed by atoms with Crippen LogP contribution < -0.4 is 0 Å². The van der Waals surface area contributed by atoms with Gasteiger partial charge in [-0.3, -0.25) is 0 Å². The maximum absolute atomic E-state index is 11.9. The summed E-state index contributed by atoms with van der Waals surface area (Å²) in [6.45, 7) is 7.01. The summed E-state index contributed by atoms with van der Waals surface area (Å²) < 4.78 is 5.36. The van der Waals surface area contributed by atoms with Gasteiger partial charge in [-0.15, -0.1) is 0 Å². The van der Waals surface area contributed by atoms with Gasteiger partial charge in [0.15, 0.2) is 0 Å². The Bertz CT molecular complexity index is 302. The molecule has 0 aromatic carbocycles. The second-order valence-corrected chi connectivity index (χ2v) is 5.65. The number of carbonyl (C=O) groups is 1. The zero-order valence-corrected chi connectivity index (χ0v) is 11.0. The predicted molar refractivity (Wildman–Crippen MR) is 65.4 cm³/mol. The first-order valence-corrected chi connectivity index (χ1v) is 6.27. The molecule has 96 valence electrons. The number of rotatable bonds is 1. The molecule has 1 fully saturated rings. The van der Waals surface area contributed by atoms with E-state index in [-0.39, 0.29) is 6.09 Å². The summed E-state index contributed by atoms with van der Waals surface area (Å²) in [6.07, 6.45) is 3.40. The van der Waals surface area contributed by atoms with Crippen LogP contribution in [0.2, 0.25) is 0 Å². The number of likely N-dealkylation sites (tertiary alicyclic amines) is 1. The van der Waals surface area contributed by atoms with Gasteiger partial charge in [0, 0.05) is 19.5 Å². The van der Waals surface area contributed by atoms with E-state index in [2.05, 4.69) is 6.07 Å². The molecule has 0 radical (unpaired) electrons. The first-order valence-electron chi connectivity index (χ1n) is 6.27. The minimum Gasteiger partial charge on any atom is -0.444 e. The third kappa shape index (κ3) is 5.08. The molecule has 0 unspecified atom stereocenters. The molecule has 1 saturated heterocycles. The summed E-state index contributed by atoms with van der Waals surface area (Å²) in [7, 11) is 0. The summed E-state index contributed by atoms with van der Waals surface area (Å²) >= 11 is 0. The number of ether oxygens (including phenoxy) is 1. The molecule has 0 spiro atoms. The van der Waals surface area contributed by atoms with Crippen molar-refractivity contribution in [2.24, 2.45) is 5.92 Å². The second kappa shape index (κ2) is 5.90. The fraction of sp³-hybridized carbons (Fsp3) is 0.846. The Morgan fingerprint density at radius 3 is 2.76 bits per heavy atom. The third-order valence-electron chi connectivity index (χ3n) is 2.80. The van der Waals surface area contributed by atoms with E-state index < -0.39 is 5.60 Å². The fourth-order valence-electron chi connectivity index (χ4n) is 2.02. The molecule has 0 aromatic heterocycles. The van der Waals surface area contributed by atoms with Gasteiger partial charge in [-0.2, -0.15) is 5.26 Å². The van der Waals surface area contributed by atoms with E-state index in [1.54, 1.807) is 4.90 Å². The van der Waals surface area contributed by atoms with Gasteiger partial charge in [-0.05, 0) is 39.5 Å². The molecule has 0 aromatic rings. The Kier molecular flexibility index (Phi) is 4.80. The minimum atomic E-state index is -0.450. The third-order valence-corrected chi connectivity index (χ3v) is 2.80. The molecular weight excluding hydrogens is 216 g/mol. The van der Waals surface area contributed by atoms with E-state index in [9.17, 15) is 4.79 Å². The average Bonchev–Trinajstić information content (AvgIpc) is 2.41. The van der Waals surface area contributed by atoms with E-state index in [1.165, 1.54) is 0 Å². The minimum absolute atomic E-state index is 0.248. The topological polar surface area (TPSA) is 53.3 Å². The molecule has 0 saturated carbocycles. The van der Waals surface area contributed by atoms with Gasteiger partial charge in [-0.1, -0.05) is 6.42 Å². The molecule has 1 amide bonds. The summed E-state index contributed by atoms with van der Waals surface area (Å²) in [5.41, 5.74) is -0.450. The molecule has 4 nitrogen and oxygen atoms in total. The Balaban J connectivity index is 2.56. The van der Waals surface area contributed by atoms with Gasteiger partial charge in [0.25, 0.3) is 0 Å². The molecular formula is C13H22N2O2. The molecule has 0 aliphatic carbocycles. The van der Waals surface area contributed by atoms with Crippen molar-refractivity contribution in [2.75, 3.05) is 13.1 Å². The van der Waals surface area contributed by atoms with Crippen LogP contribution in [0.5, 0.6) is 0 Å². The number of hydrogen-bond acceptors (Lipinski definition) is 3. The first kappa shape index (κ1) is 13.8. The number of amides is 1. The number of nitriles is 1. The number of hydrogen-bond donors (Lipinski definition) is 0. The van der Waals surface area contributed by atoms with Crippen LogP contribution in [0.25, 0.3) is 0 Å². The van der Waals surface area contributed by atoms with Gasteiger partial charge >= 0.3 is 6.09 Å². The number of nitrogens with zero attached hydrogens (tertiary/aromatic N) is 2. The molecule has 0 N–H and O–H groups in total. The van der Waals surface area contributed by atoms with E-state index in [0.717, 1.165) is 25.8 Å². The van der Waals surface area contributed by atoms with Crippen molar-refractivity contribution < 1.29 is 9.53 Å². The highest BCUT2D eigenvalue weighted by atomic mass is 16.6. The van der Waals surface area contributed by atoms with Crippen LogP contribution in [-0.2, 0) is 4.74 Å². The molecule has 1 aliphatic rings. The Morgan fingerprint density at radius 1 is 1.47 bits per heavy atom.